The molecule has 0 amide bonds. The maximum absolute atomic E-state index is 5.79. The summed E-state index contributed by atoms with van der Waals surface area (Å²) < 4.78 is 12.2. The molecule has 0 spiro atoms. The van der Waals surface area contributed by atoms with Gasteiger partial charge in [0.05, 0.1) is 6.61 Å². The molecular formula is C15H14Br2O2. The van der Waals surface area contributed by atoms with Gasteiger partial charge in [-0.25, -0.2) is 0 Å². The zero-order valence-corrected chi connectivity index (χ0v) is 13.7. The highest BCUT2D eigenvalue weighted by Gasteiger charge is 2.03. The van der Waals surface area contributed by atoms with Crippen molar-refractivity contribution in [3.63, 3.8) is 0 Å². The number of hydrogen-bond acceptors (Lipinski definition) is 2. The molecule has 0 unspecified atom stereocenters. The summed E-state index contributed by atoms with van der Waals surface area (Å²) in [4.78, 5) is 0. The molecular weight excluding hydrogens is 372 g/mol. The smallest absolute Gasteiger partial charge is 0.128 e. The van der Waals surface area contributed by atoms with Crippen LogP contribution >= 0.6 is 31.9 Å². The molecule has 0 bridgehead atoms. The van der Waals surface area contributed by atoms with Crippen molar-refractivity contribution in [3.05, 3.63) is 52.5 Å². The van der Waals surface area contributed by atoms with Crippen LogP contribution in [0.2, 0.25) is 0 Å². The highest BCUT2D eigenvalue weighted by molar-refractivity contribution is 9.10. The number of hydrogen-bond donors (Lipinski definition) is 0. The highest BCUT2D eigenvalue weighted by atomic mass is 79.9. The van der Waals surface area contributed by atoms with Gasteiger partial charge >= 0.3 is 0 Å². The first kappa shape index (κ1) is 14.4. The van der Waals surface area contributed by atoms with Gasteiger partial charge in [-0.15, -0.1) is 0 Å². The van der Waals surface area contributed by atoms with E-state index in [0.717, 1.165) is 27.1 Å². The van der Waals surface area contributed by atoms with Crippen LogP contribution in [0.4, 0.5) is 0 Å². The van der Waals surface area contributed by atoms with Crippen LogP contribution in [0.25, 0.3) is 0 Å². The van der Waals surface area contributed by atoms with E-state index in [-0.39, 0.29) is 0 Å². The van der Waals surface area contributed by atoms with E-state index in [0.29, 0.717) is 6.61 Å². The van der Waals surface area contributed by atoms with Crippen LogP contribution in [-0.2, 0) is 5.33 Å². The van der Waals surface area contributed by atoms with Crippen molar-refractivity contribution >= 4 is 31.9 Å². The van der Waals surface area contributed by atoms with E-state index in [4.69, 9.17) is 9.47 Å². The molecule has 0 aromatic heterocycles. The molecule has 0 aliphatic rings. The van der Waals surface area contributed by atoms with Crippen molar-refractivity contribution in [1.29, 1.82) is 0 Å². The lowest BCUT2D eigenvalue weighted by Gasteiger charge is -2.09. The first-order chi connectivity index (χ1) is 9.22. The zero-order valence-electron chi connectivity index (χ0n) is 10.5. The monoisotopic (exact) mass is 384 g/mol. The molecule has 2 nitrogen and oxygen atoms in total. The molecule has 0 saturated carbocycles. The Morgan fingerprint density at radius 2 is 1.58 bits per heavy atom. The van der Waals surface area contributed by atoms with Crippen LogP contribution in [0.15, 0.2) is 46.9 Å². The van der Waals surface area contributed by atoms with Crippen molar-refractivity contribution in [2.75, 3.05) is 6.61 Å². The molecule has 100 valence electrons. The van der Waals surface area contributed by atoms with Gasteiger partial charge in [-0.05, 0) is 48.9 Å². The molecule has 19 heavy (non-hydrogen) atoms. The molecule has 2 rings (SSSR count). The number of ether oxygens (including phenoxy) is 2. The summed E-state index contributed by atoms with van der Waals surface area (Å²) in [5, 5.41) is 0.816. The maximum atomic E-state index is 5.79. The Hall–Kier alpha value is -1.000. The van der Waals surface area contributed by atoms with Crippen molar-refractivity contribution in [2.24, 2.45) is 0 Å². The number of benzene rings is 2. The average molecular weight is 386 g/mol. The lowest BCUT2D eigenvalue weighted by atomic mass is 10.2. The summed E-state index contributed by atoms with van der Waals surface area (Å²) in [6.07, 6.45) is 0. The van der Waals surface area contributed by atoms with Crippen LogP contribution in [0, 0.1) is 0 Å². The quantitative estimate of drug-likeness (QED) is 0.629. The molecule has 2 aromatic carbocycles. The van der Waals surface area contributed by atoms with E-state index < -0.39 is 0 Å². The molecule has 0 atom stereocenters. The molecule has 0 aliphatic carbocycles. The van der Waals surface area contributed by atoms with E-state index in [9.17, 15) is 0 Å². The molecule has 2 aromatic rings. The highest BCUT2D eigenvalue weighted by Crippen LogP contribution is 2.29. The molecule has 0 radical (unpaired) electrons. The van der Waals surface area contributed by atoms with E-state index in [2.05, 4.69) is 31.9 Å². The standard InChI is InChI=1S/C15H14Br2O2/c1-2-18-12-5-7-13(8-6-12)19-14-4-3-11(10-16)15(17)9-14/h3-9H,2,10H2,1H3. The first-order valence-electron chi connectivity index (χ1n) is 5.98. The second-order valence-corrected chi connectivity index (χ2v) is 5.31. The van der Waals surface area contributed by atoms with Gasteiger partial charge in [0.1, 0.15) is 17.2 Å². The molecule has 0 saturated heterocycles. The van der Waals surface area contributed by atoms with Gasteiger partial charge in [0.15, 0.2) is 0 Å². The van der Waals surface area contributed by atoms with Crippen LogP contribution in [0.1, 0.15) is 12.5 Å². The molecule has 0 heterocycles. The van der Waals surface area contributed by atoms with E-state index in [1.54, 1.807) is 0 Å². The number of rotatable bonds is 5. The Bertz CT molecular complexity index is 538. The lowest BCUT2D eigenvalue weighted by molar-refractivity contribution is 0.339. The van der Waals surface area contributed by atoms with Gasteiger partial charge in [-0.3, -0.25) is 0 Å². The normalized spacial score (nSPS) is 10.3. The minimum atomic E-state index is 0.668. The number of halogens is 2. The van der Waals surface area contributed by atoms with Crippen molar-refractivity contribution < 1.29 is 9.47 Å². The fraction of sp³-hybridized carbons (Fsp3) is 0.200. The fourth-order valence-corrected chi connectivity index (χ4v) is 2.97. The molecule has 0 fully saturated rings. The summed E-state index contributed by atoms with van der Waals surface area (Å²) in [6, 6.07) is 13.6. The van der Waals surface area contributed by atoms with Crippen LogP contribution in [0.3, 0.4) is 0 Å². The van der Waals surface area contributed by atoms with Gasteiger partial charge < -0.3 is 9.47 Å². The summed E-state index contributed by atoms with van der Waals surface area (Å²) in [6.45, 7) is 2.63. The fourth-order valence-electron chi connectivity index (χ4n) is 1.61. The average Bonchev–Trinajstić information content (AvgIpc) is 2.42. The zero-order chi connectivity index (χ0) is 13.7. The van der Waals surface area contributed by atoms with E-state index in [1.165, 1.54) is 5.56 Å². The van der Waals surface area contributed by atoms with Gasteiger partial charge in [0, 0.05) is 9.80 Å². The summed E-state index contributed by atoms with van der Waals surface area (Å²) in [5.41, 5.74) is 1.19. The van der Waals surface area contributed by atoms with Crippen LogP contribution < -0.4 is 9.47 Å². The summed E-state index contributed by atoms with van der Waals surface area (Å²) >= 11 is 6.96. The first-order valence-corrected chi connectivity index (χ1v) is 7.89. The maximum Gasteiger partial charge on any atom is 0.128 e. The van der Waals surface area contributed by atoms with Gasteiger partial charge in [-0.2, -0.15) is 0 Å². The van der Waals surface area contributed by atoms with Crippen LogP contribution in [0.5, 0.6) is 17.2 Å². The van der Waals surface area contributed by atoms with Crippen molar-refractivity contribution in [3.8, 4) is 17.2 Å². The molecule has 0 aliphatic heterocycles. The van der Waals surface area contributed by atoms with Gasteiger partial charge in [0.2, 0.25) is 0 Å². The van der Waals surface area contributed by atoms with E-state index in [1.807, 2.05) is 49.4 Å². The Balaban J connectivity index is 2.10. The summed E-state index contributed by atoms with van der Waals surface area (Å²) in [7, 11) is 0. The Kier molecular flexibility index (Phi) is 5.28. The van der Waals surface area contributed by atoms with Gasteiger partial charge in [-0.1, -0.05) is 37.9 Å². The Morgan fingerprint density at radius 1 is 0.947 bits per heavy atom. The van der Waals surface area contributed by atoms with Crippen molar-refractivity contribution in [2.45, 2.75) is 12.3 Å². The van der Waals surface area contributed by atoms with E-state index >= 15 is 0 Å². The third-order valence-electron chi connectivity index (χ3n) is 2.54. The third kappa shape index (κ3) is 3.98. The SMILES string of the molecule is CCOc1ccc(Oc2ccc(CBr)c(Br)c2)cc1. The number of alkyl halides is 1. The lowest BCUT2D eigenvalue weighted by Crippen LogP contribution is -1.91. The topological polar surface area (TPSA) is 18.5 Å². The molecule has 0 N–H and O–H groups in total. The predicted octanol–water partition coefficient (Wildman–Crippen LogP) is 5.54. The second kappa shape index (κ2) is 6.96. The van der Waals surface area contributed by atoms with Gasteiger partial charge in [0.25, 0.3) is 0 Å². The third-order valence-corrected chi connectivity index (χ3v) is 3.88. The largest absolute Gasteiger partial charge is 0.494 e. The minimum Gasteiger partial charge on any atom is -0.494 e. The Morgan fingerprint density at radius 3 is 2.16 bits per heavy atom. The predicted molar refractivity (Wildman–Crippen MR) is 84.5 cm³/mol. The summed E-state index contributed by atoms with van der Waals surface area (Å²) in [5.74, 6) is 2.45. The Labute approximate surface area is 130 Å². The van der Waals surface area contributed by atoms with Crippen molar-refractivity contribution in [1.82, 2.24) is 0 Å². The minimum absolute atomic E-state index is 0.668. The van der Waals surface area contributed by atoms with Crippen LogP contribution in [-0.4, -0.2) is 6.61 Å². The molecule has 4 heteroatoms. The second-order valence-electron chi connectivity index (χ2n) is 3.89.